The van der Waals surface area contributed by atoms with Crippen molar-refractivity contribution in [1.29, 1.82) is 0 Å². The van der Waals surface area contributed by atoms with Gasteiger partial charge in [0.05, 0.1) is 6.61 Å². The van der Waals surface area contributed by atoms with E-state index >= 15 is 0 Å². The molecule has 2 rings (SSSR count). The fraction of sp³-hybridized carbons (Fsp3) is 0.200. The highest BCUT2D eigenvalue weighted by Gasteiger charge is 2.11. The third kappa shape index (κ3) is 2.02. The third-order valence-electron chi connectivity index (χ3n) is 1.91. The number of fused-ring (bicyclic) bond motifs is 1. The lowest BCUT2D eigenvalue weighted by molar-refractivity contribution is 0.0520. The Morgan fingerprint density at radius 1 is 1.67 bits per heavy atom. The molecule has 0 spiro atoms. The molecule has 0 aliphatic heterocycles. The minimum absolute atomic E-state index is 0.329. The van der Waals surface area contributed by atoms with Gasteiger partial charge < -0.3 is 9.14 Å². The summed E-state index contributed by atoms with van der Waals surface area (Å²) in [4.78, 5) is 15.5. The highest BCUT2D eigenvalue weighted by Crippen LogP contribution is 2.13. The molecule has 0 saturated carbocycles. The highest BCUT2D eigenvalue weighted by molar-refractivity contribution is 9.10. The maximum Gasteiger partial charge on any atom is 0.358 e. The van der Waals surface area contributed by atoms with E-state index in [4.69, 9.17) is 4.74 Å². The number of carbonyl (C=O) groups excluding carboxylic acids is 1. The molecule has 0 unspecified atom stereocenters. The molecule has 4 nitrogen and oxygen atoms in total. The number of esters is 1. The molecule has 5 heteroatoms. The quantitative estimate of drug-likeness (QED) is 0.785. The number of ether oxygens (including phenoxy) is 1. The Hall–Kier alpha value is -1.36. The number of nitrogens with zero attached hydrogens (tertiary/aromatic N) is 2. The van der Waals surface area contributed by atoms with Gasteiger partial charge in [-0.25, -0.2) is 9.78 Å². The van der Waals surface area contributed by atoms with Crippen LogP contribution in [-0.4, -0.2) is 22.0 Å². The van der Waals surface area contributed by atoms with Crippen LogP contribution in [0.3, 0.4) is 0 Å². The van der Waals surface area contributed by atoms with E-state index in [1.807, 2.05) is 18.3 Å². The predicted molar refractivity (Wildman–Crippen MR) is 58.8 cm³/mol. The van der Waals surface area contributed by atoms with Crippen LogP contribution in [0, 0.1) is 0 Å². The number of hydrogen-bond acceptors (Lipinski definition) is 3. The Bertz CT molecular complexity index is 507. The summed E-state index contributed by atoms with van der Waals surface area (Å²) < 4.78 is 7.56. The molecule has 2 aromatic heterocycles. The second kappa shape index (κ2) is 4.02. The Balaban J connectivity index is 2.42. The first kappa shape index (κ1) is 10.2. The van der Waals surface area contributed by atoms with Gasteiger partial charge in [0.1, 0.15) is 5.65 Å². The summed E-state index contributed by atoms with van der Waals surface area (Å²) in [6.07, 6.45) is 3.48. The SMILES string of the molecule is CCOC(=O)c1cn2ccc(Br)cc2n1. The molecule has 0 N–H and O–H groups in total. The van der Waals surface area contributed by atoms with Crippen LogP contribution in [0.2, 0.25) is 0 Å². The number of carbonyl (C=O) groups is 1. The molecule has 2 aromatic rings. The lowest BCUT2D eigenvalue weighted by Crippen LogP contribution is -2.04. The van der Waals surface area contributed by atoms with Gasteiger partial charge in [-0.15, -0.1) is 0 Å². The van der Waals surface area contributed by atoms with E-state index < -0.39 is 5.97 Å². The van der Waals surface area contributed by atoms with Crippen molar-refractivity contribution in [3.05, 3.63) is 34.7 Å². The first-order valence-electron chi connectivity index (χ1n) is 4.52. The summed E-state index contributed by atoms with van der Waals surface area (Å²) in [5.41, 5.74) is 1.04. The summed E-state index contributed by atoms with van der Waals surface area (Å²) in [7, 11) is 0. The van der Waals surface area contributed by atoms with Gasteiger partial charge in [0.15, 0.2) is 5.69 Å². The first-order valence-corrected chi connectivity index (χ1v) is 5.31. The fourth-order valence-corrected chi connectivity index (χ4v) is 1.58. The third-order valence-corrected chi connectivity index (χ3v) is 2.40. The second-order valence-electron chi connectivity index (χ2n) is 2.96. The van der Waals surface area contributed by atoms with Gasteiger partial charge in [0, 0.05) is 16.9 Å². The largest absolute Gasteiger partial charge is 0.461 e. The molecule has 0 radical (unpaired) electrons. The molecule has 0 aliphatic rings. The Morgan fingerprint density at radius 3 is 3.20 bits per heavy atom. The average molecular weight is 269 g/mol. The number of hydrogen-bond donors (Lipinski definition) is 0. The van der Waals surface area contributed by atoms with E-state index in [0.717, 1.165) is 4.47 Å². The molecule has 0 fully saturated rings. The fourth-order valence-electron chi connectivity index (χ4n) is 1.26. The molecule has 0 bridgehead atoms. The van der Waals surface area contributed by atoms with E-state index in [2.05, 4.69) is 20.9 Å². The van der Waals surface area contributed by atoms with Gasteiger partial charge >= 0.3 is 5.97 Å². The normalized spacial score (nSPS) is 10.5. The first-order chi connectivity index (χ1) is 7.20. The van der Waals surface area contributed by atoms with Crippen molar-refractivity contribution in [2.24, 2.45) is 0 Å². The minimum atomic E-state index is -0.391. The monoisotopic (exact) mass is 268 g/mol. The van der Waals surface area contributed by atoms with Crippen LogP contribution in [-0.2, 0) is 4.74 Å². The van der Waals surface area contributed by atoms with Crippen molar-refractivity contribution < 1.29 is 9.53 Å². The Morgan fingerprint density at radius 2 is 2.47 bits per heavy atom. The van der Waals surface area contributed by atoms with E-state index in [9.17, 15) is 4.79 Å². The van der Waals surface area contributed by atoms with Crippen LogP contribution in [0.25, 0.3) is 5.65 Å². The topological polar surface area (TPSA) is 43.6 Å². The number of aromatic nitrogens is 2. The predicted octanol–water partition coefficient (Wildman–Crippen LogP) is 2.27. The number of pyridine rings is 1. The van der Waals surface area contributed by atoms with E-state index in [-0.39, 0.29) is 0 Å². The van der Waals surface area contributed by atoms with Crippen LogP contribution in [0.4, 0.5) is 0 Å². The standard InChI is InChI=1S/C10H9BrN2O2/c1-2-15-10(14)8-6-13-4-3-7(11)5-9(13)12-8/h3-6H,2H2,1H3. The second-order valence-corrected chi connectivity index (χ2v) is 3.87. The van der Waals surface area contributed by atoms with Gasteiger partial charge in [-0.1, -0.05) is 15.9 Å². The highest BCUT2D eigenvalue weighted by atomic mass is 79.9. The molecule has 0 aliphatic carbocycles. The van der Waals surface area contributed by atoms with Crippen molar-refractivity contribution in [2.45, 2.75) is 6.92 Å². The van der Waals surface area contributed by atoms with Gasteiger partial charge in [0.25, 0.3) is 0 Å². The molecule has 0 saturated heterocycles. The van der Waals surface area contributed by atoms with Crippen LogP contribution >= 0.6 is 15.9 Å². The molecule has 2 heterocycles. The van der Waals surface area contributed by atoms with Crippen LogP contribution < -0.4 is 0 Å². The number of rotatable bonds is 2. The van der Waals surface area contributed by atoms with Crippen molar-refractivity contribution in [2.75, 3.05) is 6.61 Å². The van der Waals surface area contributed by atoms with E-state index in [1.165, 1.54) is 0 Å². The molecule has 0 atom stereocenters. The van der Waals surface area contributed by atoms with Crippen LogP contribution in [0.1, 0.15) is 17.4 Å². The van der Waals surface area contributed by atoms with E-state index in [0.29, 0.717) is 17.9 Å². The molecule has 0 amide bonds. The molecule has 0 aromatic carbocycles. The van der Waals surface area contributed by atoms with Gasteiger partial charge in [-0.3, -0.25) is 0 Å². The zero-order valence-corrected chi connectivity index (χ0v) is 9.69. The zero-order chi connectivity index (χ0) is 10.8. The lowest BCUT2D eigenvalue weighted by atomic mass is 10.5. The molecule has 78 valence electrons. The zero-order valence-electron chi connectivity index (χ0n) is 8.11. The molecular formula is C10H9BrN2O2. The average Bonchev–Trinajstić information content (AvgIpc) is 2.60. The summed E-state index contributed by atoms with van der Waals surface area (Å²) in [6, 6.07) is 3.71. The molecule has 15 heavy (non-hydrogen) atoms. The number of halogens is 1. The summed E-state index contributed by atoms with van der Waals surface area (Å²) in [5.74, 6) is -0.391. The minimum Gasteiger partial charge on any atom is -0.461 e. The van der Waals surface area contributed by atoms with Crippen molar-refractivity contribution in [3.8, 4) is 0 Å². The maximum absolute atomic E-state index is 11.4. The Kier molecular flexibility index (Phi) is 2.73. The summed E-state index contributed by atoms with van der Waals surface area (Å²) >= 11 is 3.34. The van der Waals surface area contributed by atoms with Crippen molar-refractivity contribution in [1.82, 2.24) is 9.38 Å². The lowest BCUT2D eigenvalue weighted by Gasteiger charge is -1.95. The van der Waals surface area contributed by atoms with E-state index in [1.54, 1.807) is 17.5 Å². The molecular weight excluding hydrogens is 260 g/mol. The van der Waals surface area contributed by atoms with Gasteiger partial charge in [0.2, 0.25) is 0 Å². The van der Waals surface area contributed by atoms with Crippen LogP contribution in [0.15, 0.2) is 29.0 Å². The number of imidazole rings is 1. The van der Waals surface area contributed by atoms with Crippen LogP contribution in [0.5, 0.6) is 0 Å². The van der Waals surface area contributed by atoms with Gasteiger partial charge in [-0.2, -0.15) is 0 Å². The van der Waals surface area contributed by atoms with Crippen molar-refractivity contribution in [3.63, 3.8) is 0 Å². The smallest absolute Gasteiger partial charge is 0.358 e. The maximum atomic E-state index is 11.4. The Labute approximate surface area is 95.0 Å². The van der Waals surface area contributed by atoms with Gasteiger partial charge in [-0.05, 0) is 19.1 Å². The summed E-state index contributed by atoms with van der Waals surface area (Å²) in [6.45, 7) is 2.13. The van der Waals surface area contributed by atoms with Crippen molar-refractivity contribution >= 4 is 27.5 Å². The summed E-state index contributed by atoms with van der Waals surface area (Å²) in [5, 5.41) is 0.